The molecule has 0 aromatic heterocycles. The molecule has 8 nitrogen and oxygen atoms in total. The Morgan fingerprint density at radius 2 is 1.59 bits per heavy atom. The number of nitrogens with one attached hydrogen (secondary N) is 1. The predicted octanol–water partition coefficient (Wildman–Crippen LogP) is 3.15. The first-order chi connectivity index (χ1) is 15.9. The number of aliphatic carboxylic acids is 1. The molecule has 0 saturated heterocycles. The highest BCUT2D eigenvalue weighted by molar-refractivity contribution is 5.89. The summed E-state index contributed by atoms with van der Waals surface area (Å²) in [4.78, 5) is 31.0. The number of unbranched alkanes of at least 4 members (excludes halogenated alkanes) is 1. The Bertz CT molecular complexity index is 873. The van der Waals surface area contributed by atoms with Gasteiger partial charge in [0.15, 0.2) is 0 Å². The van der Waals surface area contributed by atoms with E-state index >= 15 is 0 Å². The second-order valence-electron chi connectivity index (χ2n) is 7.05. The molecule has 2 rings (SSSR count). The van der Waals surface area contributed by atoms with E-state index < -0.39 is 23.8 Å². The Hall–Kier alpha value is -3.28. The van der Waals surface area contributed by atoms with Gasteiger partial charge in [0.1, 0.15) is 12.3 Å². The van der Waals surface area contributed by atoms with Gasteiger partial charge in [-0.15, -0.1) is 0 Å². The lowest BCUT2D eigenvalue weighted by atomic mass is 10.1. The van der Waals surface area contributed by atoms with Crippen molar-refractivity contribution in [3.05, 3.63) is 65.2 Å². The number of halogens is 3. The number of carboxylic acid groups (broad SMARTS) is 1. The second kappa shape index (κ2) is 16.4. The maximum Gasteiger partial charge on any atom is 0.416 e. The molecule has 0 aliphatic heterocycles. The number of carbonyl (C=O) groups is 3. The molecule has 0 unspecified atom stereocenters. The van der Waals surface area contributed by atoms with E-state index in [9.17, 15) is 27.6 Å². The molecule has 0 fully saturated rings. The van der Waals surface area contributed by atoms with Crippen molar-refractivity contribution in [3.8, 4) is 0 Å². The van der Waals surface area contributed by atoms with Gasteiger partial charge in [-0.1, -0.05) is 18.6 Å². The lowest BCUT2D eigenvalue weighted by Gasteiger charge is -2.06. The Kier molecular flexibility index (Phi) is 14.8. The quantitative estimate of drug-likeness (QED) is 0.284. The Labute approximate surface area is 196 Å². The van der Waals surface area contributed by atoms with Crippen LogP contribution in [0.4, 0.5) is 18.9 Å². The van der Waals surface area contributed by atoms with Crippen molar-refractivity contribution in [3.63, 3.8) is 0 Å². The van der Waals surface area contributed by atoms with Crippen molar-refractivity contribution < 1.29 is 32.7 Å². The van der Waals surface area contributed by atoms with Gasteiger partial charge in [0.2, 0.25) is 5.91 Å². The fraction of sp³-hybridized carbons (Fsp3) is 0.348. The van der Waals surface area contributed by atoms with E-state index in [4.69, 9.17) is 22.3 Å². The number of benzene rings is 2. The summed E-state index contributed by atoms with van der Waals surface area (Å²) in [7, 11) is 0. The van der Waals surface area contributed by atoms with Crippen LogP contribution in [-0.2, 0) is 22.3 Å². The Balaban J connectivity index is 0.000000484. The van der Waals surface area contributed by atoms with Gasteiger partial charge in [-0.3, -0.25) is 14.4 Å². The maximum absolute atomic E-state index is 12.0. The molecular formula is C23H31F3N4O4. The summed E-state index contributed by atoms with van der Waals surface area (Å²) in [6.45, 7) is 2.30. The van der Waals surface area contributed by atoms with E-state index in [-0.39, 0.29) is 12.5 Å². The Morgan fingerprint density at radius 3 is 1.97 bits per heavy atom. The van der Waals surface area contributed by atoms with Crippen LogP contribution in [0.5, 0.6) is 0 Å². The van der Waals surface area contributed by atoms with Gasteiger partial charge in [-0.2, -0.15) is 13.2 Å². The average Bonchev–Trinajstić information content (AvgIpc) is 2.79. The summed E-state index contributed by atoms with van der Waals surface area (Å²) < 4.78 is 36.0. The highest BCUT2D eigenvalue weighted by Gasteiger charge is 2.29. The van der Waals surface area contributed by atoms with Gasteiger partial charge in [0.25, 0.3) is 0 Å². The fourth-order valence-electron chi connectivity index (χ4n) is 2.31. The third kappa shape index (κ3) is 14.0. The van der Waals surface area contributed by atoms with Crippen LogP contribution in [-0.4, -0.2) is 35.9 Å². The summed E-state index contributed by atoms with van der Waals surface area (Å²) >= 11 is 0. The summed E-state index contributed by atoms with van der Waals surface area (Å²) in [5, 5.41) is 10.9. The van der Waals surface area contributed by atoms with E-state index in [1.807, 2.05) is 0 Å². The Morgan fingerprint density at radius 1 is 1.03 bits per heavy atom. The molecule has 0 heterocycles. The number of aldehydes is 1. The fourth-order valence-corrected chi connectivity index (χ4v) is 2.31. The van der Waals surface area contributed by atoms with Crippen molar-refractivity contribution in [2.75, 3.05) is 11.9 Å². The van der Waals surface area contributed by atoms with Crippen molar-refractivity contribution in [2.45, 2.75) is 44.9 Å². The van der Waals surface area contributed by atoms with E-state index in [1.54, 1.807) is 24.3 Å². The molecule has 0 saturated carbocycles. The first kappa shape index (κ1) is 30.7. The molecule has 1 amide bonds. The molecule has 11 heteroatoms. The first-order valence-electron chi connectivity index (χ1n) is 10.3. The zero-order valence-corrected chi connectivity index (χ0v) is 18.8. The van der Waals surface area contributed by atoms with Crippen LogP contribution in [0.15, 0.2) is 48.5 Å². The maximum atomic E-state index is 12.0. The van der Waals surface area contributed by atoms with Crippen molar-refractivity contribution in [1.29, 1.82) is 0 Å². The van der Waals surface area contributed by atoms with Gasteiger partial charge < -0.3 is 27.6 Å². The number of carbonyl (C=O) groups excluding carboxylic acids is 2. The molecule has 0 aliphatic rings. The highest BCUT2D eigenvalue weighted by Crippen LogP contribution is 2.28. The van der Waals surface area contributed by atoms with Crippen LogP contribution < -0.4 is 22.5 Å². The highest BCUT2D eigenvalue weighted by atomic mass is 19.4. The normalized spacial score (nSPS) is 11.1. The monoisotopic (exact) mass is 484 g/mol. The molecule has 188 valence electrons. The molecule has 0 radical (unpaired) electrons. The molecule has 0 aliphatic carbocycles. The minimum absolute atomic E-state index is 0.117. The lowest BCUT2D eigenvalue weighted by Crippen LogP contribution is -2.29. The zero-order valence-electron chi connectivity index (χ0n) is 18.8. The van der Waals surface area contributed by atoms with Crippen LogP contribution in [0.25, 0.3) is 0 Å². The molecule has 1 atom stereocenters. The standard InChI is InChI=1S/C9H9NO2.C8H8F3N.C6H14N2O2/c1-7(12)10-9-4-2-8(6-11)3-5-9;9-8(10,11)7-3-1-6(5-12)2-4-7;7-4-2-1-3-5(8)6(9)10/h2-6H,1H3,(H,10,12);1-4H,5,12H2;5H,1-4,7-8H2,(H,9,10)/t;;5-/m..0/s1. The first-order valence-corrected chi connectivity index (χ1v) is 10.3. The van der Waals surface area contributed by atoms with Crippen LogP contribution in [0.1, 0.15) is 47.7 Å². The number of carboxylic acids is 1. The van der Waals surface area contributed by atoms with E-state index in [0.29, 0.717) is 29.8 Å². The van der Waals surface area contributed by atoms with Gasteiger partial charge in [0, 0.05) is 24.7 Å². The van der Waals surface area contributed by atoms with E-state index in [0.717, 1.165) is 31.3 Å². The number of nitrogens with two attached hydrogens (primary N) is 3. The SMILES string of the molecule is CC(=O)Nc1ccc(C=O)cc1.NCCCC[C@H](N)C(=O)O.NCc1ccc(C(F)(F)F)cc1. The lowest BCUT2D eigenvalue weighted by molar-refractivity contribution is -0.139. The van der Waals surface area contributed by atoms with E-state index in [1.165, 1.54) is 19.1 Å². The van der Waals surface area contributed by atoms with Crippen LogP contribution >= 0.6 is 0 Å². The largest absolute Gasteiger partial charge is 0.480 e. The molecule has 0 bridgehead atoms. The molecule has 34 heavy (non-hydrogen) atoms. The van der Waals surface area contributed by atoms with Gasteiger partial charge >= 0.3 is 12.1 Å². The number of amides is 1. The van der Waals surface area contributed by atoms with Crippen molar-refractivity contribution >= 4 is 23.9 Å². The minimum atomic E-state index is -4.26. The van der Waals surface area contributed by atoms with Crippen LogP contribution in [0.3, 0.4) is 0 Å². The van der Waals surface area contributed by atoms with Crippen LogP contribution in [0, 0.1) is 0 Å². The van der Waals surface area contributed by atoms with Crippen molar-refractivity contribution in [2.24, 2.45) is 17.2 Å². The minimum Gasteiger partial charge on any atom is -0.480 e. The third-order valence-electron chi connectivity index (χ3n) is 4.17. The third-order valence-corrected chi connectivity index (χ3v) is 4.17. The molecule has 0 spiro atoms. The van der Waals surface area contributed by atoms with E-state index in [2.05, 4.69) is 5.32 Å². The average molecular weight is 485 g/mol. The summed E-state index contributed by atoms with van der Waals surface area (Å²) in [6.07, 6.45) is -1.33. The summed E-state index contributed by atoms with van der Waals surface area (Å²) in [5.74, 6) is -1.05. The van der Waals surface area contributed by atoms with Crippen molar-refractivity contribution in [1.82, 2.24) is 0 Å². The zero-order chi connectivity index (χ0) is 26.1. The molecule has 2 aromatic carbocycles. The smallest absolute Gasteiger partial charge is 0.416 e. The number of alkyl halides is 3. The molecule has 2 aromatic rings. The second-order valence-corrected chi connectivity index (χ2v) is 7.05. The molecular weight excluding hydrogens is 453 g/mol. The number of anilines is 1. The van der Waals surface area contributed by atoms with Gasteiger partial charge in [-0.25, -0.2) is 0 Å². The topological polar surface area (TPSA) is 162 Å². The number of rotatable bonds is 8. The molecule has 8 N–H and O–H groups in total. The summed E-state index contributed by atoms with van der Waals surface area (Å²) in [5.41, 5.74) is 17.0. The number of hydrogen-bond donors (Lipinski definition) is 5. The predicted molar refractivity (Wildman–Crippen MR) is 124 cm³/mol. The van der Waals surface area contributed by atoms with Gasteiger partial charge in [0.05, 0.1) is 5.56 Å². The summed E-state index contributed by atoms with van der Waals surface area (Å²) in [6, 6.07) is 10.8. The number of hydrogen-bond acceptors (Lipinski definition) is 6. The van der Waals surface area contributed by atoms with Crippen LogP contribution in [0.2, 0.25) is 0 Å². The van der Waals surface area contributed by atoms with Gasteiger partial charge in [-0.05, 0) is 61.3 Å².